The maximum absolute atomic E-state index is 12.5. The van der Waals surface area contributed by atoms with Crippen molar-refractivity contribution in [3.05, 3.63) is 78.1 Å². The molecule has 0 aliphatic heterocycles. The van der Waals surface area contributed by atoms with Crippen molar-refractivity contribution in [1.82, 2.24) is 0 Å². The average molecular weight is 415 g/mol. The topological polar surface area (TPSA) is 85.6 Å². The molecule has 31 heavy (non-hydrogen) atoms. The second-order valence-electron chi connectivity index (χ2n) is 7.36. The number of fused-ring (bicyclic) bond motifs is 3. The van der Waals surface area contributed by atoms with E-state index in [1.165, 1.54) is 13.8 Å². The zero-order valence-electron chi connectivity index (χ0n) is 17.2. The Morgan fingerprint density at radius 3 is 2.65 bits per heavy atom. The minimum absolute atomic E-state index is 0.0154. The summed E-state index contributed by atoms with van der Waals surface area (Å²) in [7, 11) is 0. The van der Waals surface area contributed by atoms with Crippen LogP contribution in [0, 0.1) is 0 Å². The van der Waals surface area contributed by atoms with E-state index < -0.39 is 18.0 Å². The van der Waals surface area contributed by atoms with Gasteiger partial charge in [0, 0.05) is 22.2 Å². The maximum atomic E-state index is 12.5. The largest absolute Gasteiger partial charge is 0.464 e. The first-order valence-corrected chi connectivity index (χ1v) is 9.91. The fraction of sp³-hybridized carbons (Fsp3) is 0.160. The van der Waals surface area contributed by atoms with Crippen LogP contribution in [0.1, 0.15) is 29.8 Å². The summed E-state index contributed by atoms with van der Waals surface area (Å²) in [5.41, 5.74) is 2.35. The Morgan fingerprint density at radius 1 is 1.03 bits per heavy atom. The third kappa shape index (κ3) is 4.33. The summed E-state index contributed by atoms with van der Waals surface area (Å²) in [5.74, 6) is -1.11. The Morgan fingerprint density at radius 2 is 1.84 bits per heavy atom. The van der Waals surface area contributed by atoms with Gasteiger partial charge in [-0.15, -0.1) is 0 Å². The number of nitrogens with one attached hydrogen (secondary N) is 1. The number of carbonyl (C=O) groups excluding carboxylic acids is 3. The maximum Gasteiger partial charge on any atom is 0.311 e. The van der Waals surface area contributed by atoms with Gasteiger partial charge >= 0.3 is 5.97 Å². The van der Waals surface area contributed by atoms with Gasteiger partial charge in [0.15, 0.2) is 11.9 Å². The number of furan rings is 1. The fourth-order valence-corrected chi connectivity index (χ4v) is 3.51. The molecule has 0 radical (unpaired) electrons. The number of benzene rings is 3. The summed E-state index contributed by atoms with van der Waals surface area (Å²) in [5, 5.41) is 5.58. The summed E-state index contributed by atoms with van der Waals surface area (Å²) in [6, 6.07) is 18.3. The van der Waals surface area contributed by atoms with Crippen LogP contribution >= 0.6 is 0 Å². The van der Waals surface area contributed by atoms with Crippen LogP contribution in [0.5, 0.6) is 0 Å². The summed E-state index contributed by atoms with van der Waals surface area (Å²) in [6.07, 6.45) is 0.540. The second kappa shape index (κ2) is 8.44. The zero-order chi connectivity index (χ0) is 22.0. The predicted molar refractivity (Wildman–Crippen MR) is 118 cm³/mol. The standard InChI is InChI=1S/C25H21NO5/c1-15(27)18-7-5-8-20(12-18)26-25(29)16(2)31-23(28)13-19-14-30-22-11-10-17-6-3-4-9-21(17)24(19)22/h3-12,14,16H,13H2,1-2H3,(H,26,29). The van der Waals surface area contributed by atoms with Crippen LogP contribution in [-0.4, -0.2) is 23.8 Å². The molecule has 0 fully saturated rings. The average Bonchev–Trinajstić information content (AvgIpc) is 3.17. The molecule has 0 spiro atoms. The molecule has 4 rings (SSSR count). The lowest BCUT2D eigenvalue weighted by Crippen LogP contribution is -2.30. The molecule has 0 saturated carbocycles. The lowest BCUT2D eigenvalue weighted by atomic mass is 10.0. The van der Waals surface area contributed by atoms with E-state index >= 15 is 0 Å². The highest BCUT2D eigenvalue weighted by atomic mass is 16.5. The molecule has 6 nitrogen and oxygen atoms in total. The highest BCUT2D eigenvalue weighted by molar-refractivity contribution is 6.08. The van der Waals surface area contributed by atoms with Gasteiger partial charge < -0.3 is 14.5 Å². The number of rotatable bonds is 6. The molecule has 0 bridgehead atoms. The Labute approximate surface area is 178 Å². The number of amides is 1. The van der Waals surface area contributed by atoms with Crippen LogP contribution in [0.15, 0.2) is 71.3 Å². The lowest BCUT2D eigenvalue weighted by Gasteiger charge is -2.14. The van der Waals surface area contributed by atoms with Crippen molar-refractivity contribution < 1.29 is 23.5 Å². The molecular weight excluding hydrogens is 394 g/mol. The minimum Gasteiger partial charge on any atom is -0.464 e. The van der Waals surface area contributed by atoms with E-state index in [1.54, 1.807) is 30.5 Å². The molecule has 1 N–H and O–H groups in total. The van der Waals surface area contributed by atoms with Crippen molar-refractivity contribution in [3.8, 4) is 0 Å². The highest BCUT2D eigenvalue weighted by Crippen LogP contribution is 2.30. The number of hydrogen-bond acceptors (Lipinski definition) is 5. The van der Waals surface area contributed by atoms with Gasteiger partial charge in [0.05, 0.1) is 12.7 Å². The van der Waals surface area contributed by atoms with E-state index in [-0.39, 0.29) is 12.2 Å². The summed E-state index contributed by atoms with van der Waals surface area (Å²) in [4.78, 5) is 36.4. The summed E-state index contributed by atoms with van der Waals surface area (Å²) < 4.78 is 10.9. The molecule has 1 unspecified atom stereocenters. The number of carbonyl (C=O) groups is 3. The third-order valence-corrected chi connectivity index (χ3v) is 5.09. The van der Waals surface area contributed by atoms with Gasteiger partial charge in [-0.2, -0.15) is 0 Å². The number of hydrogen-bond donors (Lipinski definition) is 1. The van der Waals surface area contributed by atoms with E-state index in [0.29, 0.717) is 22.4 Å². The summed E-state index contributed by atoms with van der Waals surface area (Å²) >= 11 is 0. The van der Waals surface area contributed by atoms with Gasteiger partial charge in [0.1, 0.15) is 5.58 Å². The van der Waals surface area contributed by atoms with Gasteiger partial charge in [-0.1, -0.05) is 42.5 Å². The molecule has 0 aliphatic carbocycles. The lowest BCUT2D eigenvalue weighted by molar-refractivity contribution is -0.152. The van der Waals surface area contributed by atoms with Crippen LogP contribution in [0.2, 0.25) is 0 Å². The monoisotopic (exact) mass is 415 g/mol. The van der Waals surface area contributed by atoms with E-state index in [4.69, 9.17) is 9.15 Å². The second-order valence-corrected chi connectivity index (χ2v) is 7.36. The van der Waals surface area contributed by atoms with E-state index in [0.717, 1.165) is 16.2 Å². The van der Waals surface area contributed by atoms with E-state index in [2.05, 4.69) is 5.32 Å². The minimum atomic E-state index is -0.997. The molecule has 3 aromatic carbocycles. The zero-order valence-corrected chi connectivity index (χ0v) is 17.2. The number of anilines is 1. The van der Waals surface area contributed by atoms with Crippen molar-refractivity contribution in [2.45, 2.75) is 26.4 Å². The van der Waals surface area contributed by atoms with Crippen LogP contribution in [0.4, 0.5) is 5.69 Å². The molecule has 0 aliphatic rings. The van der Waals surface area contributed by atoms with E-state index in [1.807, 2.05) is 36.4 Å². The third-order valence-electron chi connectivity index (χ3n) is 5.09. The number of ether oxygens (including phenoxy) is 1. The first kappa shape index (κ1) is 20.3. The van der Waals surface area contributed by atoms with Crippen LogP contribution < -0.4 is 5.32 Å². The predicted octanol–water partition coefficient (Wildman–Crippen LogP) is 4.90. The molecule has 156 valence electrons. The molecule has 4 aromatic rings. The Kier molecular flexibility index (Phi) is 5.54. The van der Waals surface area contributed by atoms with Crippen molar-refractivity contribution >= 4 is 45.1 Å². The van der Waals surface area contributed by atoms with Crippen molar-refractivity contribution in [3.63, 3.8) is 0 Å². The molecule has 1 amide bonds. The molecule has 1 atom stereocenters. The van der Waals surface area contributed by atoms with Gasteiger partial charge in [-0.25, -0.2) is 0 Å². The van der Waals surface area contributed by atoms with Crippen LogP contribution in [0.3, 0.4) is 0 Å². The Balaban J connectivity index is 1.45. The van der Waals surface area contributed by atoms with Gasteiger partial charge in [-0.05, 0) is 42.8 Å². The number of esters is 1. The Bertz CT molecular complexity index is 1300. The van der Waals surface area contributed by atoms with Gasteiger partial charge in [0.25, 0.3) is 5.91 Å². The SMILES string of the molecule is CC(=O)c1cccc(NC(=O)C(C)OC(=O)Cc2coc3ccc4ccccc4c23)c1. The summed E-state index contributed by atoms with van der Waals surface area (Å²) in [6.45, 7) is 2.96. The van der Waals surface area contributed by atoms with E-state index in [9.17, 15) is 14.4 Å². The van der Waals surface area contributed by atoms with Gasteiger partial charge in [-0.3, -0.25) is 14.4 Å². The number of ketones is 1. The fourth-order valence-electron chi connectivity index (χ4n) is 3.51. The molecular formula is C25H21NO5. The van der Waals surface area contributed by atoms with Crippen LogP contribution in [0.25, 0.3) is 21.7 Å². The van der Waals surface area contributed by atoms with Crippen LogP contribution in [-0.2, 0) is 20.7 Å². The Hall–Kier alpha value is -3.93. The number of Topliss-reactive ketones (excluding diaryl/α,β-unsaturated/α-hetero) is 1. The molecule has 6 heteroatoms. The van der Waals surface area contributed by atoms with Crippen molar-refractivity contribution in [2.75, 3.05) is 5.32 Å². The quantitative estimate of drug-likeness (QED) is 0.358. The highest BCUT2D eigenvalue weighted by Gasteiger charge is 2.20. The van der Waals surface area contributed by atoms with Crippen molar-refractivity contribution in [1.29, 1.82) is 0 Å². The smallest absolute Gasteiger partial charge is 0.311 e. The molecule has 1 heterocycles. The van der Waals surface area contributed by atoms with Crippen molar-refractivity contribution in [2.24, 2.45) is 0 Å². The normalized spacial score (nSPS) is 11.9. The first-order chi connectivity index (χ1) is 14.9. The van der Waals surface area contributed by atoms with Gasteiger partial charge in [0.2, 0.25) is 0 Å². The first-order valence-electron chi connectivity index (χ1n) is 9.91. The molecule has 0 saturated heterocycles. The molecule has 1 aromatic heterocycles.